The Balaban J connectivity index is 1.81. The minimum atomic E-state index is -3.39. The maximum Gasteiger partial charge on any atom is 0.252 e. The van der Waals surface area contributed by atoms with E-state index in [9.17, 15) is 8.42 Å². The smallest absolute Gasteiger partial charge is 0.252 e. The Hall–Kier alpha value is -0.800. The molecule has 0 spiro atoms. The number of piperidine rings is 1. The summed E-state index contributed by atoms with van der Waals surface area (Å²) >= 11 is 2.89. The number of thiophene rings is 1. The van der Waals surface area contributed by atoms with E-state index < -0.39 is 10.0 Å². The molecule has 0 aromatic carbocycles. The van der Waals surface area contributed by atoms with Gasteiger partial charge in [-0.1, -0.05) is 0 Å². The molecular formula is C15H21N3O2S3. The Bertz CT molecular complexity index is 765. The molecule has 23 heavy (non-hydrogen) atoms. The standard InChI is InChI=1S/C15H21N3O2S3/c1-11-17-13(10-21-11)14-5-6-15(22-14)23(19,20)18-7-3-4-12(9-18)8-16-2/h5-6,10,12,16H,3-4,7-9H2,1-2H3. The first kappa shape index (κ1) is 17.0. The lowest BCUT2D eigenvalue weighted by Gasteiger charge is -2.31. The van der Waals surface area contributed by atoms with Gasteiger partial charge in [0.05, 0.1) is 15.6 Å². The number of nitrogens with one attached hydrogen (secondary N) is 1. The molecule has 1 saturated heterocycles. The second-order valence-corrected chi connectivity index (χ2v) is 10.1. The first-order valence-corrected chi connectivity index (χ1v) is 10.8. The van der Waals surface area contributed by atoms with Crippen LogP contribution in [-0.2, 0) is 10.0 Å². The van der Waals surface area contributed by atoms with Gasteiger partial charge in [-0.2, -0.15) is 4.31 Å². The van der Waals surface area contributed by atoms with Gasteiger partial charge in [0.25, 0.3) is 10.0 Å². The predicted molar refractivity (Wildman–Crippen MR) is 95.6 cm³/mol. The normalized spacial score (nSPS) is 20.0. The molecule has 5 nitrogen and oxygen atoms in total. The molecule has 1 aliphatic heterocycles. The highest BCUT2D eigenvalue weighted by molar-refractivity contribution is 7.91. The zero-order valence-electron chi connectivity index (χ0n) is 13.3. The van der Waals surface area contributed by atoms with Gasteiger partial charge in [-0.15, -0.1) is 22.7 Å². The van der Waals surface area contributed by atoms with Crippen molar-refractivity contribution in [2.75, 3.05) is 26.7 Å². The summed E-state index contributed by atoms with van der Waals surface area (Å²) < 4.78 is 27.8. The number of aryl methyl sites for hydroxylation is 1. The number of nitrogens with zero attached hydrogens (tertiary/aromatic N) is 2. The largest absolute Gasteiger partial charge is 0.319 e. The van der Waals surface area contributed by atoms with Gasteiger partial charge in [0.2, 0.25) is 0 Å². The summed E-state index contributed by atoms with van der Waals surface area (Å²) in [5.41, 5.74) is 0.866. The summed E-state index contributed by atoms with van der Waals surface area (Å²) in [6.07, 6.45) is 2.01. The molecule has 0 saturated carbocycles. The SMILES string of the molecule is CNCC1CCCN(S(=O)(=O)c2ccc(-c3csc(C)n3)s2)C1. The summed E-state index contributed by atoms with van der Waals surface area (Å²) in [5.74, 6) is 0.393. The Morgan fingerprint density at radius 2 is 2.26 bits per heavy atom. The van der Waals surface area contributed by atoms with E-state index in [2.05, 4.69) is 10.3 Å². The molecule has 1 aliphatic rings. The van der Waals surface area contributed by atoms with Crippen LogP contribution >= 0.6 is 22.7 Å². The van der Waals surface area contributed by atoms with Crippen LogP contribution in [0.5, 0.6) is 0 Å². The average molecular weight is 372 g/mol. The third kappa shape index (κ3) is 3.66. The number of hydrogen-bond donors (Lipinski definition) is 1. The minimum Gasteiger partial charge on any atom is -0.319 e. The Labute approximate surface area is 145 Å². The maximum absolute atomic E-state index is 12.9. The molecule has 3 rings (SSSR count). The van der Waals surface area contributed by atoms with Gasteiger partial charge in [-0.25, -0.2) is 13.4 Å². The lowest BCUT2D eigenvalue weighted by molar-refractivity contribution is 0.264. The topological polar surface area (TPSA) is 62.3 Å². The highest BCUT2D eigenvalue weighted by Gasteiger charge is 2.31. The van der Waals surface area contributed by atoms with Crippen molar-refractivity contribution in [1.29, 1.82) is 0 Å². The van der Waals surface area contributed by atoms with Crippen LogP contribution in [0.3, 0.4) is 0 Å². The number of aromatic nitrogens is 1. The van der Waals surface area contributed by atoms with Crippen LogP contribution in [-0.4, -0.2) is 44.4 Å². The summed E-state index contributed by atoms with van der Waals surface area (Å²) in [7, 11) is -1.48. The molecule has 126 valence electrons. The zero-order chi connectivity index (χ0) is 16.4. The van der Waals surface area contributed by atoms with E-state index >= 15 is 0 Å². The van der Waals surface area contributed by atoms with Crippen molar-refractivity contribution in [3.8, 4) is 10.6 Å². The Kier molecular flexibility index (Phi) is 5.17. The summed E-state index contributed by atoms with van der Waals surface area (Å²) in [4.78, 5) is 5.35. The lowest BCUT2D eigenvalue weighted by Crippen LogP contribution is -2.42. The van der Waals surface area contributed by atoms with Crippen LogP contribution in [0, 0.1) is 12.8 Å². The molecule has 0 amide bonds. The second kappa shape index (κ2) is 6.98. The summed E-state index contributed by atoms with van der Waals surface area (Å²) in [6, 6.07) is 3.58. The van der Waals surface area contributed by atoms with Crippen molar-refractivity contribution in [3.05, 3.63) is 22.5 Å². The highest BCUT2D eigenvalue weighted by atomic mass is 32.2. The van der Waals surface area contributed by atoms with E-state index in [4.69, 9.17) is 0 Å². The van der Waals surface area contributed by atoms with Crippen LogP contribution in [0.2, 0.25) is 0 Å². The van der Waals surface area contributed by atoms with E-state index in [1.54, 1.807) is 21.7 Å². The van der Waals surface area contributed by atoms with Crippen LogP contribution in [0.1, 0.15) is 17.8 Å². The molecule has 2 aromatic heterocycles. The van der Waals surface area contributed by atoms with Gasteiger partial charge in [0.1, 0.15) is 4.21 Å². The molecule has 0 bridgehead atoms. The van der Waals surface area contributed by atoms with Crippen LogP contribution < -0.4 is 5.32 Å². The molecular weight excluding hydrogens is 350 g/mol. The Morgan fingerprint density at radius 3 is 2.96 bits per heavy atom. The fourth-order valence-corrected chi connectivity index (χ4v) is 6.56. The van der Waals surface area contributed by atoms with Crippen molar-refractivity contribution < 1.29 is 8.42 Å². The van der Waals surface area contributed by atoms with Gasteiger partial charge >= 0.3 is 0 Å². The fourth-order valence-electron chi connectivity index (χ4n) is 2.90. The second-order valence-electron chi connectivity index (χ2n) is 5.80. The minimum absolute atomic E-state index is 0.393. The molecule has 0 aliphatic carbocycles. The maximum atomic E-state index is 12.9. The first-order valence-electron chi connectivity index (χ1n) is 7.68. The average Bonchev–Trinajstić information content (AvgIpc) is 3.17. The van der Waals surface area contributed by atoms with Crippen molar-refractivity contribution in [2.45, 2.75) is 24.0 Å². The van der Waals surface area contributed by atoms with Gasteiger partial charge in [0.15, 0.2) is 0 Å². The number of thiazole rings is 1. The van der Waals surface area contributed by atoms with Crippen molar-refractivity contribution >= 4 is 32.7 Å². The molecule has 1 unspecified atom stereocenters. The van der Waals surface area contributed by atoms with Crippen LogP contribution in [0.4, 0.5) is 0 Å². The molecule has 8 heteroatoms. The zero-order valence-corrected chi connectivity index (χ0v) is 15.7. The van der Waals surface area contributed by atoms with E-state index in [0.29, 0.717) is 23.2 Å². The number of rotatable bonds is 5. The molecule has 1 atom stereocenters. The summed E-state index contributed by atoms with van der Waals surface area (Å²) in [6.45, 7) is 4.03. The first-order chi connectivity index (χ1) is 11.0. The molecule has 0 radical (unpaired) electrons. The van der Waals surface area contributed by atoms with Crippen molar-refractivity contribution in [2.24, 2.45) is 5.92 Å². The molecule has 3 heterocycles. The van der Waals surface area contributed by atoms with Gasteiger partial charge in [-0.3, -0.25) is 0 Å². The van der Waals surface area contributed by atoms with Crippen molar-refractivity contribution in [1.82, 2.24) is 14.6 Å². The lowest BCUT2D eigenvalue weighted by atomic mass is 10.00. The monoisotopic (exact) mass is 371 g/mol. The van der Waals surface area contributed by atoms with Gasteiger partial charge in [0, 0.05) is 18.5 Å². The van der Waals surface area contributed by atoms with Crippen molar-refractivity contribution in [3.63, 3.8) is 0 Å². The molecule has 1 fully saturated rings. The fraction of sp³-hybridized carbons (Fsp3) is 0.533. The van der Waals surface area contributed by atoms with Gasteiger partial charge in [-0.05, 0) is 51.4 Å². The Morgan fingerprint density at radius 1 is 1.43 bits per heavy atom. The van der Waals surface area contributed by atoms with E-state index in [-0.39, 0.29) is 0 Å². The number of hydrogen-bond acceptors (Lipinski definition) is 6. The highest BCUT2D eigenvalue weighted by Crippen LogP contribution is 2.34. The van der Waals surface area contributed by atoms with Crippen LogP contribution in [0.25, 0.3) is 10.6 Å². The molecule has 2 aromatic rings. The third-order valence-corrected chi connectivity index (χ3v) is 8.24. The van der Waals surface area contributed by atoms with E-state index in [1.807, 2.05) is 25.4 Å². The van der Waals surface area contributed by atoms with Gasteiger partial charge < -0.3 is 5.32 Å². The van der Waals surface area contributed by atoms with E-state index in [1.165, 1.54) is 11.3 Å². The quantitative estimate of drug-likeness (QED) is 0.878. The van der Waals surface area contributed by atoms with E-state index in [0.717, 1.165) is 35.0 Å². The predicted octanol–water partition coefficient (Wildman–Crippen LogP) is 2.80. The summed E-state index contributed by atoms with van der Waals surface area (Å²) in [5, 5.41) is 6.11. The molecule has 1 N–H and O–H groups in total. The third-order valence-electron chi connectivity index (χ3n) is 4.02. The number of sulfonamides is 1. The van der Waals surface area contributed by atoms with Crippen LogP contribution in [0.15, 0.2) is 21.7 Å².